The summed E-state index contributed by atoms with van der Waals surface area (Å²) in [5.41, 5.74) is 1.53. The van der Waals surface area contributed by atoms with Crippen molar-refractivity contribution in [3.05, 3.63) is 71.8 Å². The maximum absolute atomic E-state index is 12.1. The van der Waals surface area contributed by atoms with Crippen molar-refractivity contribution in [2.45, 2.75) is 39.3 Å². The summed E-state index contributed by atoms with van der Waals surface area (Å²) in [5.74, 6) is 0.954. The summed E-state index contributed by atoms with van der Waals surface area (Å²) >= 11 is 0. The molecule has 1 fully saturated rings. The van der Waals surface area contributed by atoms with Crippen LogP contribution in [0.1, 0.15) is 44.9 Å². The van der Waals surface area contributed by atoms with Crippen molar-refractivity contribution in [1.82, 2.24) is 10.6 Å². The number of benzene rings is 2. The zero-order valence-corrected chi connectivity index (χ0v) is 16.2. The molecule has 4 heteroatoms. The van der Waals surface area contributed by atoms with Gasteiger partial charge >= 0.3 is 6.09 Å². The highest BCUT2D eigenvalue weighted by Gasteiger charge is 2.21. The van der Waals surface area contributed by atoms with Gasteiger partial charge in [-0.1, -0.05) is 67.6 Å². The number of hydrogen-bond donors (Lipinski definition) is 2. The fourth-order valence-electron chi connectivity index (χ4n) is 2.51. The minimum atomic E-state index is -0.512. The van der Waals surface area contributed by atoms with Crippen molar-refractivity contribution in [3.8, 4) is 0 Å². The summed E-state index contributed by atoms with van der Waals surface area (Å²) < 4.78 is 5.36. The van der Waals surface area contributed by atoms with Crippen LogP contribution < -0.4 is 10.6 Å². The predicted molar refractivity (Wildman–Crippen MR) is 106 cm³/mol. The molecule has 140 valence electrons. The second kappa shape index (κ2) is 9.39. The van der Waals surface area contributed by atoms with Crippen LogP contribution in [0.15, 0.2) is 60.7 Å². The van der Waals surface area contributed by atoms with Crippen molar-refractivity contribution in [2.75, 3.05) is 13.1 Å². The summed E-state index contributed by atoms with van der Waals surface area (Å²) in [6, 6.07) is 19.5. The number of amides is 1. The van der Waals surface area contributed by atoms with Crippen LogP contribution in [-0.4, -0.2) is 24.8 Å². The van der Waals surface area contributed by atoms with Crippen LogP contribution in [0.2, 0.25) is 0 Å². The second-order valence-electron chi connectivity index (χ2n) is 7.66. The Labute approximate surface area is 157 Å². The molecule has 0 aromatic heterocycles. The van der Waals surface area contributed by atoms with E-state index in [1.165, 1.54) is 13.1 Å². The normalized spacial score (nSPS) is 14.0. The Hall–Kier alpha value is -2.33. The molecule has 2 aromatic rings. The van der Waals surface area contributed by atoms with Gasteiger partial charge in [-0.15, -0.1) is 0 Å². The van der Waals surface area contributed by atoms with Crippen LogP contribution in [-0.2, 0) is 4.74 Å². The van der Waals surface area contributed by atoms with Crippen LogP contribution >= 0.6 is 0 Å². The predicted octanol–water partition coefficient (Wildman–Crippen LogP) is 4.53. The van der Waals surface area contributed by atoms with E-state index in [4.69, 9.17) is 4.74 Å². The van der Waals surface area contributed by atoms with Gasteiger partial charge in [0.1, 0.15) is 5.60 Å². The van der Waals surface area contributed by atoms with E-state index in [0.29, 0.717) is 0 Å². The SMILES string of the molecule is CC(C)(C)OC(=O)NC(c1ccccc1)c1ccccc1.CC1CNC1. The zero-order chi connectivity index (χ0) is 19.0. The molecule has 0 aliphatic carbocycles. The van der Waals surface area contributed by atoms with Gasteiger partial charge in [0, 0.05) is 0 Å². The lowest BCUT2D eigenvalue weighted by molar-refractivity contribution is 0.0512. The molecule has 0 radical (unpaired) electrons. The average molecular weight is 354 g/mol. The number of alkyl carbamates (subject to hydrolysis) is 1. The Balaban J connectivity index is 0.000000417. The van der Waals surface area contributed by atoms with Gasteiger partial charge in [0.2, 0.25) is 0 Å². The van der Waals surface area contributed by atoms with Crippen LogP contribution in [0.5, 0.6) is 0 Å². The van der Waals surface area contributed by atoms with Gasteiger partial charge in [0.25, 0.3) is 0 Å². The van der Waals surface area contributed by atoms with E-state index in [2.05, 4.69) is 17.6 Å². The fraction of sp³-hybridized carbons (Fsp3) is 0.409. The fourth-order valence-corrected chi connectivity index (χ4v) is 2.51. The van der Waals surface area contributed by atoms with E-state index in [9.17, 15) is 4.79 Å². The molecule has 1 saturated heterocycles. The minimum Gasteiger partial charge on any atom is -0.444 e. The first-order chi connectivity index (χ1) is 12.3. The third-order valence-electron chi connectivity index (χ3n) is 3.91. The maximum Gasteiger partial charge on any atom is 0.408 e. The van der Waals surface area contributed by atoms with Gasteiger partial charge in [-0.25, -0.2) is 4.79 Å². The first-order valence-electron chi connectivity index (χ1n) is 9.15. The lowest BCUT2D eigenvalue weighted by Crippen LogP contribution is -2.39. The molecular formula is C22H30N2O2. The van der Waals surface area contributed by atoms with E-state index in [0.717, 1.165) is 17.0 Å². The standard InChI is InChI=1S/C18H21NO2.C4H9N/c1-18(2,3)21-17(20)19-16(14-10-6-4-7-11-14)15-12-8-5-9-13-15;1-4-2-5-3-4/h4-13,16H,1-3H3,(H,19,20);4-5H,2-3H2,1H3. The van der Waals surface area contributed by atoms with Gasteiger partial charge < -0.3 is 15.4 Å². The average Bonchev–Trinajstić information content (AvgIpc) is 2.58. The first kappa shape index (κ1) is 20.0. The van der Waals surface area contributed by atoms with Crippen molar-refractivity contribution >= 4 is 6.09 Å². The lowest BCUT2D eigenvalue weighted by Gasteiger charge is -2.24. The molecule has 0 bridgehead atoms. The Morgan fingerprint density at radius 2 is 1.42 bits per heavy atom. The molecule has 1 heterocycles. The molecule has 2 aromatic carbocycles. The van der Waals surface area contributed by atoms with Crippen LogP contribution in [0, 0.1) is 5.92 Å². The van der Waals surface area contributed by atoms with Crippen molar-refractivity contribution in [1.29, 1.82) is 0 Å². The highest BCUT2D eigenvalue weighted by molar-refractivity contribution is 5.69. The Morgan fingerprint density at radius 3 is 1.73 bits per heavy atom. The number of carbonyl (C=O) groups is 1. The summed E-state index contributed by atoms with van der Waals surface area (Å²) in [6.07, 6.45) is -0.416. The van der Waals surface area contributed by atoms with Gasteiger partial charge in [-0.3, -0.25) is 0 Å². The monoisotopic (exact) mass is 354 g/mol. The van der Waals surface area contributed by atoms with Gasteiger partial charge in [0.05, 0.1) is 6.04 Å². The van der Waals surface area contributed by atoms with Gasteiger partial charge in [-0.2, -0.15) is 0 Å². The number of nitrogens with one attached hydrogen (secondary N) is 2. The number of rotatable bonds is 3. The lowest BCUT2D eigenvalue weighted by atomic mass is 9.99. The minimum absolute atomic E-state index is 0.220. The molecule has 0 atom stereocenters. The molecule has 1 aliphatic rings. The molecule has 2 N–H and O–H groups in total. The molecule has 4 nitrogen and oxygen atoms in total. The first-order valence-corrected chi connectivity index (χ1v) is 9.15. The van der Waals surface area contributed by atoms with Crippen LogP contribution in [0.4, 0.5) is 4.79 Å². The smallest absolute Gasteiger partial charge is 0.408 e. The Kier molecular flexibility index (Phi) is 7.22. The Morgan fingerprint density at radius 1 is 1.00 bits per heavy atom. The van der Waals surface area contributed by atoms with E-state index in [1.807, 2.05) is 81.4 Å². The third-order valence-corrected chi connectivity index (χ3v) is 3.91. The number of ether oxygens (including phenoxy) is 1. The molecular weight excluding hydrogens is 324 g/mol. The van der Waals surface area contributed by atoms with E-state index in [-0.39, 0.29) is 6.04 Å². The number of carbonyl (C=O) groups excluding carboxylic acids is 1. The van der Waals surface area contributed by atoms with Gasteiger partial charge in [0.15, 0.2) is 0 Å². The molecule has 1 aliphatic heterocycles. The van der Waals surface area contributed by atoms with Crippen LogP contribution in [0.25, 0.3) is 0 Å². The molecule has 26 heavy (non-hydrogen) atoms. The van der Waals surface area contributed by atoms with Crippen LogP contribution in [0.3, 0.4) is 0 Å². The Bertz CT molecular complexity index is 622. The van der Waals surface area contributed by atoms with E-state index < -0.39 is 11.7 Å². The third kappa shape index (κ3) is 6.89. The molecule has 1 amide bonds. The maximum atomic E-state index is 12.1. The van der Waals surface area contributed by atoms with Crippen molar-refractivity contribution < 1.29 is 9.53 Å². The van der Waals surface area contributed by atoms with Gasteiger partial charge in [-0.05, 0) is 50.9 Å². The quantitative estimate of drug-likeness (QED) is 0.852. The summed E-state index contributed by atoms with van der Waals surface area (Å²) in [6.45, 7) is 10.3. The molecule has 0 saturated carbocycles. The summed E-state index contributed by atoms with van der Waals surface area (Å²) in [4.78, 5) is 12.1. The number of hydrogen-bond acceptors (Lipinski definition) is 3. The topological polar surface area (TPSA) is 50.4 Å². The van der Waals surface area contributed by atoms with Crippen molar-refractivity contribution in [3.63, 3.8) is 0 Å². The van der Waals surface area contributed by atoms with Crippen molar-refractivity contribution in [2.24, 2.45) is 5.92 Å². The van der Waals surface area contributed by atoms with E-state index >= 15 is 0 Å². The zero-order valence-electron chi connectivity index (χ0n) is 16.2. The summed E-state index contributed by atoms with van der Waals surface area (Å²) in [7, 11) is 0. The molecule has 0 spiro atoms. The summed E-state index contributed by atoms with van der Waals surface area (Å²) in [5, 5.41) is 6.11. The second-order valence-corrected chi connectivity index (χ2v) is 7.66. The molecule has 0 unspecified atom stereocenters. The largest absolute Gasteiger partial charge is 0.444 e. The molecule has 3 rings (SSSR count). The van der Waals surface area contributed by atoms with E-state index in [1.54, 1.807) is 0 Å². The highest BCUT2D eigenvalue weighted by atomic mass is 16.6. The highest BCUT2D eigenvalue weighted by Crippen LogP contribution is 2.22.